The van der Waals surface area contributed by atoms with Crippen molar-refractivity contribution in [3.63, 3.8) is 0 Å². The molecule has 0 N–H and O–H groups in total. The van der Waals surface area contributed by atoms with Crippen LogP contribution in [0, 0.1) is 0 Å². The Bertz CT molecular complexity index is 1010. The van der Waals surface area contributed by atoms with Crippen LogP contribution in [0.5, 0.6) is 0 Å². The van der Waals surface area contributed by atoms with Crippen LogP contribution in [-0.2, 0) is 19.7 Å². The zero-order chi connectivity index (χ0) is 18.9. The number of aromatic nitrogens is 2. The average Bonchev–Trinajstić information content (AvgIpc) is 2.60. The molecule has 0 radical (unpaired) electrons. The fraction of sp³-hybridized carbons (Fsp3) is 0.412. The van der Waals surface area contributed by atoms with Gasteiger partial charge in [-0.3, -0.25) is 0 Å². The fourth-order valence-corrected chi connectivity index (χ4v) is 4.86. The molecule has 1 atom stereocenters. The van der Waals surface area contributed by atoms with E-state index in [-0.39, 0.29) is 15.8 Å². The molecule has 1 aromatic carbocycles. The van der Waals surface area contributed by atoms with E-state index in [9.17, 15) is 16.8 Å². The van der Waals surface area contributed by atoms with Gasteiger partial charge in [-0.25, -0.2) is 26.8 Å². The molecular formula is C17H21N3O4S2. The first-order valence-corrected chi connectivity index (χ1v) is 12.0. The maximum atomic E-state index is 12.4. The molecule has 0 aliphatic carbocycles. The van der Waals surface area contributed by atoms with Gasteiger partial charge in [-0.15, -0.1) is 0 Å². The maximum absolute atomic E-state index is 12.4. The molecule has 26 heavy (non-hydrogen) atoms. The molecule has 1 aromatic heterocycles. The molecular weight excluding hydrogens is 374 g/mol. The summed E-state index contributed by atoms with van der Waals surface area (Å²) in [6, 6.07) is 5.87. The number of hydrogen-bond donors (Lipinski definition) is 0. The molecule has 0 spiro atoms. The Morgan fingerprint density at radius 3 is 2.31 bits per heavy atom. The highest BCUT2D eigenvalue weighted by Gasteiger charge is 2.30. The smallest absolute Gasteiger partial charge is 0.177 e. The molecule has 0 amide bonds. The van der Waals surface area contributed by atoms with Crippen molar-refractivity contribution in [1.82, 2.24) is 9.97 Å². The second-order valence-electron chi connectivity index (χ2n) is 6.49. The van der Waals surface area contributed by atoms with E-state index < -0.39 is 19.7 Å². The van der Waals surface area contributed by atoms with Gasteiger partial charge in [0, 0.05) is 31.4 Å². The third-order valence-electron chi connectivity index (χ3n) is 4.45. The van der Waals surface area contributed by atoms with Crippen LogP contribution in [0.1, 0.15) is 31.1 Å². The lowest BCUT2D eigenvalue weighted by molar-refractivity contribution is 0.453. The quantitative estimate of drug-likeness (QED) is 0.781. The van der Waals surface area contributed by atoms with Gasteiger partial charge < -0.3 is 4.90 Å². The van der Waals surface area contributed by atoms with Crippen LogP contribution in [0.4, 0.5) is 5.69 Å². The van der Waals surface area contributed by atoms with Gasteiger partial charge in [0.05, 0.1) is 21.5 Å². The second-order valence-corrected chi connectivity index (χ2v) is 10.5. The summed E-state index contributed by atoms with van der Waals surface area (Å²) in [5.41, 5.74) is 0.497. The molecule has 1 aliphatic rings. The van der Waals surface area contributed by atoms with Gasteiger partial charge in [0.1, 0.15) is 0 Å². The number of rotatable bonds is 4. The highest BCUT2D eigenvalue weighted by Crippen LogP contribution is 2.37. The number of hydrogen-bond acceptors (Lipinski definition) is 7. The number of piperidine rings is 1. The van der Waals surface area contributed by atoms with E-state index in [1.165, 1.54) is 12.1 Å². The number of anilines is 1. The molecule has 7 nitrogen and oxygen atoms in total. The van der Waals surface area contributed by atoms with Crippen LogP contribution in [0.25, 0.3) is 0 Å². The Morgan fingerprint density at radius 1 is 1.00 bits per heavy atom. The summed E-state index contributed by atoms with van der Waals surface area (Å²) in [4.78, 5) is 10.6. The normalized spacial score (nSPS) is 18.7. The molecule has 2 heterocycles. The van der Waals surface area contributed by atoms with Crippen molar-refractivity contribution in [1.29, 1.82) is 0 Å². The van der Waals surface area contributed by atoms with Crippen LogP contribution < -0.4 is 4.90 Å². The first-order valence-electron chi connectivity index (χ1n) is 8.25. The molecule has 1 fully saturated rings. The summed E-state index contributed by atoms with van der Waals surface area (Å²) >= 11 is 0. The van der Waals surface area contributed by atoms with Gasteiger partial charge in [0.25, 0.3) is 0 Å². The SMILES string of the molecule is CS(=O)(=O)c1ccc(N2CCCCC2c2ncccn2)c(S(C)(=O)=O)c1. The lowest BCUT2D eigenvalue weighted by Gasteiger charge is -2.37. The zero-order valence-corrected chi connectivity index (χ0v) is 16.3. The van der Waals surface area contributed by atoms with Crippen molar-refractivity contribution in [3.8, 4) is 0 Å². The molecule has 0 bridgehead atoms. The lowest BCUT2D eigenvalue weighted by atomic mass is 10.0. The minimum absolute atomic E-state index is 0.00815. The Labute approximate surface area is 153 Å². The summed E-state index contributed by atoms with van der Waals surface area (Å²) in [7, 11) is -7.12. The Hall–Kier alpha value is -2.00. The second kappa shape index (κ2) is 6.96. The topological polar surface area (TPSA) is 97.3 Å². The Morgan fingerprint density at radius 2 is 1.69 bits per heavy atom. The van der Waals surface area contributed by atoms with Crippen LogP contribution >= 0.6 is 0 Å². The minimum Gasteiger partial charge on any atom is -0.360 e. The number of benzene rings is 1. The van der Waals surface area contributed by atoms with Crippen LogP contribution in [0.15, 0.2) is 46.5 Å². The average molecular weight is 396 g/mol. The van der Waals surface area contributed by atoms with Crippen molar-refractivity contribution in [2.24, 2.45) is 0 Å². The third kappa shape index (κ3) is 3.88. The lowest BCUT2D eigenvalue weighted by Crippen LogP contribution is -2.35. The molecule has 1 aliphatic heterocycles. The zero-order valence-electron chi connectivity index (χ0n) is 14.7. The predicted octanol–water partition coefficient (Wildman–Crippen LogP) is 2.02. The summed E-state index contributed by atoms with van der Waals surface area (Å²) in [5, 5.41) is 0. The van der Waals surface area contributed by atoms with Gasteiger partial charge in [0.15, 0.2) is 25.5 Å². The predicted molar refractivity (Wildman–Crippen MR) is 98.6 cm³/mol. The van der Waals surface area contributed by atoms with E-state index in [0.29, 0.717) is 18.1 Å². The van der Waals surface area contributed by atoms with Crippen molar-refractivity contribution < 1.29 is 16.8 Å². The van der Waals surface area contributed by atoms with E-state index in [4.69, 9.17) is 0 Å². The molecule has 0 saturated carbocycles. The van der Waals surface area contributed by atoms with Crippen LogP contribution in [0.2, 0.25) is 0 Å². The first kappa shape index (κ1) is 18.8. The molecule has 1 saturated heterocycles. The van der Waals surface area contributed by atoms with E-state index >= 15 is 0 Å². The third-order valence-corrected chi connectivity index (χ3v) is 6.69. The van der Waals surface area contributed by atoms with Gasteiger partial charge in [0.2, 0.25) is 0 Å². The van der Waals surface area contributed by atoms with Crippen LogP contribution in [-0.4, -0.2) is 45.9 Å². The number of nitrogens with zero attached hydrogens (tertiary/aromatic N) is 3. The van der Waals surface area contributed by atoms with Gasteiger partial charge in [-0.2, -0.15) is 0 Å². The van der Waals surface area contributed by atoms with Gasteiger partial charge in [-0.1, -0.05) is 0 Å². The highest BCUT2D eigenvalue weighted by molar-refractivity contribution is 7.91. The Balaban J connectivity index is 2.15. The molecule has 3 rings (SSSR count). The van der Waals surface area contributed by atoms with Gasteiger partial charge in [-0.05, 0) is 43.5 Å². The van der Waals surface area contributed by atoms with E-state index in [1.54, 1.807) is 24.5 Å². The molecule has 140 valence electrons. The van der Waals surface area contributed by atoms with Crippen molar-refractivity contribution >= 4 is 25.4 Å². The first-order chi connectivity index (χ1) is 12.2. The minimum atomic E-state index is -3.62. The Kier molecular flexibility index (Phi) is 5.03. The summed E-state index contributed by atoms with van der Waals surface area (Å²) in [6.45, 7) is 0.656. The molecule has 9 heteroatoms. The largest absolute Gasteiger partial charge is 0.360 e. The molecule has 2 aromatic rings. The van der Waals surface area contributed by atoms with Gasteiger partial charge >= 0.3 is 0 Å². The fourth-order valence-electron chi connectivity index (χ4n) is 3.23. The standard InChI is InChI=1S/C17H21N3O4S2/c1-25(21,22)13-7-8-14(16(12-13)26(2,23)24)20-11-4-3-6-15(20)17-18-9-5-10-19-17/h5,7-10,12,15H,3-4,6,11H2,1-2H3. The van der Waals surface area contributed by atoms with Crippen molar-refractivity contribution in [2.75, 3.05) is 24.0 Å². The van der Waals surface area contributed by atoms with Crippen molar-refractivity contribution in [3.05, 3.63) is 42.5 Å². The monoisotopic (exact) mass is 395 g/mol. The summed E-state index contributed by atoms with van der Waals surface area (Å²) < 4.78 is 48.4. The van der Waals surface area contributed by atoms with E-state index in [1.807, 2.05) is 4.90 Å². The maximum Gasteiger partial charge on any atom is 0.177 e. The summed E-state index contributed by atoms with van der Waals surface area (Å²) in [6.07, 6.45) is 8.21. The van der Waals surface area contributed by atoms with Crippen LogP contribution in [0.3, 0.4) is 0 Å². The molecule has 1 unspecified atom stereocenters. The summed E-state index contributed by atoms with van der Waals surface area (Å²) in [5.74, 6) is 0.638. The number of sulfone groups is 2. The highest BCUT2D eigenvalue weighted by atomic mass is 32.2. The van der Waals surface area contributed by atoms with E-state index in [2.05, 4.69) is 9.97 Å². The van der Waals surface area contributed by atoms with Crippen molar-refractivity contribution in [2.45, 2.75) is 35.1 Å². The van der Waals surface area contributed by atoms with E-state index in [0.717, 1.165) is 31.8 Å².